The smallest absolute Gasteiger partial charge is 0.304 e. The lowest BCUT2D eigenvalue weighted by atomic mass is 9.90. The Morgan fingerprint density at radius 2 is 1.88 bits per heavy atom. The number of halogens is 1. The molecule has 0 saturated carbocycles. The molecule has 1 unspecified atom stereocenters. The van der Waals surface area contributed by atoms with E-state index in [0.717, 1.165) is 52.2 Å². The molecule has 3 aromatic carbocycles. The molecule has 9 heteroatoms. The predicted octanol–water partition coefficient (Wildman–Crippen LogP) is 6.12. The van der Waals surface area contributed by atoms with Gasteiger partial charge in [0.1, 0.15) is 29.2 Å². The van der Waals surface area contributed by atoms with Crippen LogP contribution in [0.1, 0.15) is 59.6 Å². The Labute approximate surface area is 248 Å². The molecule has 3 atom stereocenters. The summed E-state index contributed by atoms with van der Waals surface area (Å²) in [6, 6.07) is 13.0. The number of rotatable bonds is 10. The average molecular weight is 594 g/mol. The second kappa shape index (κ2) is 11.7. The number of ether oxygens (including phenoxy) is 3. The van der Waals surface area contributed by atoms with Gasteiger partial charge in [-0.05, 0) is 78.8 Å². The van der Waals surface area contributed by atoms with Crippen molar-refractivity contribution in [1.29, 1.82) is 0 Å². The minimum absolute atomic E-state index is 0.0185. The highest BCUT2D eigenvalue weighted by atomic mass is 32.2. The first-order chi connectivity index (χ1) is 20.2. The van der Waals surface area contributed by atoms with Gasteiger partial charge in [0.2, 0.25) is 0 Å². The minimum atomic E-state index is -0.886. The average Bonchev–Trinajstić information content (AvgIpc) is 3.52. The van der Waals surface area contributed by atoms with E-state index in [1.54, 1.807) is 6.07 Å². The van der Waals surface area contributed by atoms with Gasteiger partial charge in [-0.25, -0.2) is 12.9 Å². The molecule has 222 valence electrons. The molecule has 42 heavy (non-hydrogen) atoms. The first kappa shape index (κ1) is 28.7. The molecule has 3 aliphatic rings. The Bertz CT molecular complexity index is 1530. The molecule has 2 aliphatic heterocycles. The third-order valence-electron chi connectivity index (χ3n) is 8.57. The first-order valence-electron chi connectivity index (χ1n) is 14.6. The molecule has 1 saturated heterocycles. The van der Waals surface area contributed by atoms with E-state index in [1.807, 2.05) is 41.6 Å². The number of fused-ring (bicyclic) bond motifs is 2. The van der Waals surface area contributed by atoms with Crippen LogP contribution in [0.2, 0.25) is 0 Å². The molecule has 6 rings (SSSR count). The molecule has 0 spiro atoms. The highest BCUT2D eigenvalue weighted by molar-refractivity contribution is 7.82. The lowest BCUT2D eigenvalue weighted by Gasteiger charge is -2.37. The number of carboxylic acid groups (broad SMARTS) is 1. The fraction of sp³-hybridized carbons (Fsp3) is 0.424. The SMILES string of the molecule is CCS(=O)N1CC(COc2cc(C)c(-c3ccc(F)c4c3CC[C@H]4Oc3ccc4c(c3)OC[C@H]4CC(=O)O)c(C)c2)C1. The monoisotopic (exact) mass is 593 g/mol. The largest absolute Gasteiger partial charge is 0.493 e. The Kier molecular flexibility index (Phi) is 7.98. The molecule has 1 fully saturated rings. The number of aliphatic carboxylic acids is 1. The summed E-state index contributed by atoms with van der Waals surface area (Å²) in [5.74, 6) is 1.74. The van der Waals surface area contributed by atoms with Gasteiger partial charge in [-0.1, -0.05) is 19.1 Å². The molecule has 2 heterocycles. The van der Waals surface area contributed by atoms with Crippen LogP contribution in [0.5, 0.6) is 17.2 Å². The van der Waals surface area contributed by atoms with Crippen LogP contribution in [0, 0.1) is 25.6 Å². The highest BCUT2D eigenvalue weighted by Crippen LogP contribution is 2.45. The van der Waals surface area contributed by atoms with Gasteiger partial charge >= 0.3 is 5.97 Å². The summed E-state index contributed by atoms with van der Waals surface area (Å²) >= 11 is 0. The van der Waals surface area contributed by atoms with Gasteiger partial charge in [0.15, 0.2) is 0 Å². The van der Waals surface area contributed by atoms with Crippen molar-refractivity contribution in [1.82, 2.24) is 4.31 Å². The van der Waals surface area contributed by atoms with Gasteiger partial charge in [-0.15, -0.1) is 0 Å². The van der Waals surface area contributed by atoms with Gasteiger partial charge in [0.05, 0.1) is 30.6 Å². The van der Waals surface area contributed by atoms with Crippen molar-refractivity contribution in [3.63, 3.8) is 0 Å². The number of aryl methyl sites for hydroxylation is 2. The van der Waals surface area contributed by atoms with Crippen molar-refractivity contribution in [2.24, 2.45) is 5.92 Å². The minimum Gasteiger partial charge on any atom is -0.493 e. The van der Waals surface area contributed by atoms with Crippen LogP contribution in [-0.4, -0.2) is 51.6 Å². The van der Waals surface area contributed by atoms with Crippen LogP contribution >= 0.6 is 0 Å². The number of hydrogen-bond acceptors (Lipinski definition) is 5. The number of benzene rings is 3. The Balaban J connectivity index is 1.18. The van der Waals surface area contributed by atoms with Crippen molar-refractivity contribution < 1.29 is 32.7 Å². The number of carbonyl (C=O) groups is 1. The normalized spacial score (nSPS) is 20.4. The Morgan fingerprint density at radius 3 is 2.60 bits per heavy atom. The number of carboxylic acids is 1. The van der Waals surface area contributed by atoms with Crippen molar-refractivity contribution in [2.75, 3.05) is 32.1 Å². The molecule has 1 aliphatic carbocycles. The third kappa shape index (κ3) is 5.52. The Hall–Kier alpha value is -3.43. The van der Waals surface area contributed by atoms with Crippen LogP contribution in [0.25, 0.3) is 11.1 Å². The molecule has 1 N–H and O–H groups in total. The summed E-state index contributed by atoms with van der Waals surface area (Å²) in [6.07, 6.45) is 0.944. The summed E-state index contributed by atoms with van der Waals surface area (Å²) in [4.78, 5) is 11.2. The maximum Gasteiger partial charge on any atom is 0.304 e. The van der Waals surface area contributed by atoms with E-state index in [2.05, 4.69) is 13.8 Å². The molecule has 7 nitrogen and oxygen atoms in total. The van der Waals surface area contributed by atoms with Gasteiger partial charge in [-0.2, -0.15) is 0 Å². The second-order valence-electron chi connectivity index (χ2n) is 11.5. The van der Waals surface area contributed by atoms with Gasteiger partial charge in [0.25, 0.3) is 0 Å². The molecule has 0 radical (unpaired) electrons. The summed E-state index contributed by atoms with van der Waals surface area (Å²) in [7, 11) is -0.886. The zero-order chi connectivity index (χ0) is 29.5. The molecule has 0 aromatic heterocycles. The predicted molar refractivity (Wildman–Crippen MR) is 159 cm³/mol. The van der Waals surface area contributed by atoms with Crippen LogP contribution in [0.15, 0.2) is 42.5 Å². The van der Waals surface area contributed by atoms with E-state index in [9.17, 15) is 9.00 Å². The zero-order valence-electron chi connectivity index (χ0n) is 24.2. The van der Waals surface area contributed by atoms with Crippen molar-refractivity contribution in [3.05, 3.63) is 76.1 Å². The standard InChI is InChI=1S/C33H36FNO6S/c1-4-42(38)35-15-21(16-35)17-39-24-11-19(2)32(20(3)12-24)26-7-9-28(34)33-27(26)8-10-29(33)41-23-5-6-25-22(13-31(36)37)18-40-30(25)14-23/h5-7,9,11-12,14,21-22,29H,4,8,10,13,15-18H2,1-3H3,(H,36,37)/t22-,29-,42?/m1/s1. The van der Waals surface area contributed by atoms with E-state index in [-0.39, 0.29) is 18.2 Å². The van der Waals surface area contributed by atoms with Crippen LogP contribution in [0.4, 0.5) is 4.39 Å². The maximum absolute atomic E-state index is 15.3. The number of nitrogens with zero attached hydrogens (tertiary/aromatic N) is 1. The maximum atomic E-state index is 15.3. The summed E-state index contributed by atoms with van der Waals surface area (Å²) in [5, 5.41) is 9.17. The fourth-order valence-electron chi connectivity index (χ4n) is 6.52. The van der Waals surface area contributed by atoms with Crippen molar-refractivity contribution >= 4 is 17.0 Å². The van der Waals surface area contributed by atoms with E-state index in [1.165, 1.54) is 6.07 Å². The van der Waals surface area contributed by atoms with E-state index in [0.29, 0.717) is 54.8 Å². The molecule has 0 bridgehead atoms. The van der Waals surface area contributed by atoms with E-state index >= 15 is 4.39 Å². The molecule has 3 aromatic rings. The third-order valence-corrected chi connectivity index (χ3v) is 9.93. The van der Waals surface area contributed by atoms with Gasteiger partial charge in [0, 0.05) is 47.9 Å². The van der Waals surface area contributed by atoms with Gasteiger partial charge < -0.3 is 19.3 Å². The van der Waals surface area contributed by atoms with Crippen LogP contribution in [0.3, 0.4) is 0 Å². The summed E-state index contributed by atoms with van der Waals surface area (Å²) in [6.45, 7) is 8.57. The fourth-order valence-corrected chi connectivity index (χ4v) is 7.64. The summed E-state index contributed by atoms with van der Waals surface area (Å²) in [5.41, 5.74) is 6.67. The van der Waals surface area contributed by atoms with Crippen LogP contribution < -0.4 is 14.2 Å². The van der Waals surface area contributed by atoms with Gasteiger partial charge in [-0.3, -0.25) is 4.79 Å². The summed E-state index contributed by atoms with van der Waals surface area (Å²) < 4.78 is 47.4. The van der Waals surface area contributed by atoms with E-state index < -0.39 is 23.1 Å². The molecule has 0 amide bonds. The quantitative estimate of drug-likeness (QED) is 0.305. The van der Waals surface area contributed by atoms with Crippen molar-refractivity contribution in [3.8, 4) is 28.4 Å². The Morgan fingerprint density at radius 1 is 1.12 bits per heavy atom. The lowest BCUT2D eigenvalue weighted by molar-refractivity contribution is -0.137. The zero-order valence-corrected chi connectivity index (χ0v) is 25.0. The molecular formula is C33H36FNO6S. The highest BCUT2D eigenvalue weighted by Gasteiger charge is 2.33. The molecular weight excluding hydrogens is 557 g/mol. The van der Waals surface area contributed by atoms with E-state index in [4.69, 9.17) is 19.3 Å². The topological polar surface area (TPSA) is 85.3 Å². The second-order valence-corrected chi connectivity index (χ2v) is 13.2. The van der Waals surface area contributed by atoms with Crippen molar-refractivity contribution in [2.45, 2.75) is 52.1 Å². The van der Waals surface area contributed by atoms with Crippen LogP contribution in [-0.2, 0) is 22.2 Å². The number of hydrogen-bond donors (Lipinski definition) is 1. The lowest BCUT2D eigenvalue weighted by Crippen LogP contribution is -2.50. The first-order valence-corrected chi connectivity index (χ1v) is 15.8.